The molecule has 0 spiro atoms. The van der Waals surface area contributed by atoms with Gasteiger partial charge in [-0.25, -0.2) is 0 Å². The molecule has 2 nitrogen and oxygen atoms in total. The van der Waals surface area contributed by atoms with Crippen LogP contribution in [0.15, 0.2) is 0 Å². The summed E-state index contributed by atoms with van der Waals surface area (Å²) in [6.45, 7) is 6.41. The standard InChI is InChI=1S/C10H18O2/c1-3-7(2)9-6-12-10-8(9)4-5-11-10/h7-10H,3-6H2,1-2H3/t7?,8-,9+,10+/m1/s1. The summed E-state index contributed by atoms with van der Waals surface area (Å²) in [6, 6.07) is 0. The normalized spacial score (nSPS) is 43.0. The average molecular weight is 170 g/mol. The van der Waals surface area contributed by atoms with Gasteiger partial charge in [-0.15, -0.1) is 0 Å². The first-order chi connectivity index (χ1) is 5.83. The van der Waals surface area contributed by atoms with Gasteiger partial charge in [0, 0.05) is 5.92 Å². The van der Waals surface area contributed by atoms with Crippen molar-refractivity contribution >= 4 is 0 Å². The van der Waals surface area contributed by atoms with E-state index in [0.29, 0.717) is 5.92 Å². The van der Waals surface area contributed by atoms with Gasteiger partial charge in [-0.1, -0.05) is 20.3 Å². The molecule has 2 heterocycles. The van der Waals surface area contributed by atoms with Gasteiger partial charge < -0.3 is 9.47 Å². The molecule has 0 aliphatic carbocycles. The van der Waals surface area contributed by atoms with E-state index in [9.17, 15) is 0 Å². The average Bonchev–Trinajstić information content (AvgIpc) is 2.62. The Bertz CT molecular complexity index is 158. The van der Waals surface area contributed by atoms with E-state index < -0.39 is 0 Å². The highest BCUT2D eigenvalue weighted by atomic mass is 16.7. The van der Waals surface area contributed by atoms with Crippen LogP contribution in [0.5, 0.6) is 0 Å². The summed E-state index contributed by atoms with van der Waals surface area (Å²) in [7, 11) is 0. The van der Waals surface area contributed by atoms with Crippen LogP contribution in [-0.2, 0) is 9.47 Å². The maximum Gasteiger partial charge on any atom is 0.160 e. The van der Waals surface area contributed by atoms with Gasteiger partial charge in [0.15, 0.2) is 6.29 Å². The molecule has 2 fully saturated rings. The van der Waals surface area contributed by atoms with Crippen LogP contribution >= 0.6 is 0 Å². The molecular formula is C10H18O2. The van der Waals surface area contributed by atoms with Crippen LogP contribution in [0.25, 0.3) is 0 Å². The minimum atomic E-state index is 0.143. The fraction of sp³-hybridized carbons (Fsp3) is 1.00. The molecule has 0 aromatic heterocycles. The molecule has 0 bridgehead atoms. The second-order valence-corrected chi connectivity index (χ2v) is 4.07. The van der Waals surface area contributed by atoms with Gasteiger partial charge in [0.1, 0.15) is 0 Å². The highest BCUT2D eigenvalue weighted by Gasteiger charge is 2.43. The Hall–Kier alpha value is -0.0800. The number of rotatable bonds is 2. The summed E-state index contributed by atoms with van der Waals surface area (Å²) in [5.41, 5.74) is 0. The molecule has 12 heavy (non-hydrogen) atoms. The molecule has 4 atom stereocenters. The first-order valence-corrected chi connectivity index (χ1v) is 5.06. The van der Waals surface area contributed by atoms with E-state index >= 15 is 0 Å². The van der Waals surface area contributed by atoms with E-state index in [-0.39, 0.29) is 6.29 Å². The second-order valence-electron chi connectivity index (χ2n) is 4.07. The van der Waals surface area contributed by atoms with Crippen molar-refractivity contribution in [1.82, 2.24) is 0 Å². The lowest BCUT2D eigenvalue weighted by molar-refractivity contribution is -0.0906. The SMILES string of the molecule is CCC(C)[C@@H]1CO[C@@H]2OCC[C@@H]21. The molecule has 1 unspecified atom stereocenters. The predicted octanol–water partition coefficient (Wildman–Crippen LogP) is 2.04. The zero-order valence-corrected chi connectivity index (χ0v) is 7.95. The van der Waals surface area contributed by atoms with Crippen LogP contribution in [0.4, 0.5) is 0 Å². The molecule has 70 valence electrons. The van der Waals surface area contributed by atoms with Gasteiger partial charge in [-0.3, -0.25) is 0 Å². The van der Waals surface area contributed by atoms with E-state index in [4.69, 9.17) is 9.47 Å². The third-order valence-electron chi connectivity index (χ3n) is 3.46. The lowest BCUT2D eigenvalue weighted by atomic mass is 9.82. The fourth-order valence-electron chi connectivity index (χ4n) is 2.39. The van der Waals surface area contributed by atoms with Crippen molar-refractivity contribution < 1.29 is 9.47 Å². The zero-order chi connectivity index (χ0) is 8.55. The molecule has 0 amide bonds. The minimum absolute atomic E-state index is 0.143. The van der Waals surface area contributed by atoms with Gasteiger partial charge in [-0.05, 0) is 18.3 Å². The Balaban J connectivity index is 1.99. The lowest BCUT2D eigenvalue weighted by Gasteiger charge is -2.20. The van der Waals surface area contributed by atoms with E-state index in [1.807, 2.05) is 0 Å². The third kappa shape index (κ3) is 1.27. The summed E-state index contributed by atoms with van der Waals surface area (Å²) in [5.74, 6) is 2.24. The molecule has 2 aliphatic rings. The van der Waals surface area contributed by atoms with Crippen LogP contribution in [0, 0.1) is 17.8 Å². The zero-order valence-electron chi connectivity index (χ0n) is 7.95. The van der Waals surface area contributed by atoms with Gasteiger partial charge in [-0.2, -0.15) is 0 Å². The van der Waals surface area contributed by atoms with E-state index in [1.54, 1.807) is 0 Å². The van der Waals surface area contributed by atoms with Crippen molar-refractivity contribution in [2.24, 2.45) is 17.8 Å². The van der Waals surface area contributed by atoms with Crippen molar-refractivity contribution in [3.05, 3.63) is 0 Å². The van der Waals surface area contributed by atoms with Crippen molar-refractivity contribution in [2.45, 2.75) is 33.0 Å². The van der Waals surface area contributed by atoms with Crippen LogP contribution in [0.1, 0.15) is 26.7 Å². The summed E-state index contributed by atoms with van der Waals surface area (Å²) in [4.78, 5) is 0. The van der Waals surface area contributed by atoms with Crippen molar-refractivity contribution in [2.75, 3.05) is 13.2 Å². The largest absolute Gasteiger partial charge is 0.352 e. The first kappa shape index (κ1) is 8.52. The van der Waals surface area contributed by atoms with Crippen molar-refractivity contribution in [1.29, 1.82) is 0 Å². The summed E-state index contributed by atoms with van der Waals surface area (Å²) in [5, 5.41) is 0. The minimum Gasteiger partial charge on any atom is -0.352 e. The molecule has 2 saturated heterocycles. The molecule has 0 aromatic rings. The van der Waals surface area contributed by atoms with E-state index in [2.05, 4.69) is 13.8 Å². The Kier molecular flexibility index (Phi) is 2.37. The summed E-state index contributed by atoms with van der Waals surface area (Å²) >= 11 is 0. The maximum absolute atomic E-state index is 5.59. The first-order valence-electron chi connectivity index (χ1n) is 5.06. The highest BCUT2D eigenvalue weighted by molar-refractivity contribution is 4.85. The Morgan fingerprint density at radius 1 is 1.42 bits per heavy atom. The highest BCUT2D eigenvalue weighted by Crippen LogP contribution is 2.40. The molecule has 0 saturated carbocycles. The predicted molar refractivity (Wildman–Crippen MR) is 46.7 cm³/mol. The summed E-state index contributed by atoms with van der Waals surface area (Å²) < 4.78 is 11.1. The number of hydrogen-bond donors (Lipinski definition) is 0. The number of ether oxygens (including phenoxy) is 2. The third-order valence-corrected chi connectivity index (χ3v) is 3.46. The van der Waals surface area contributed by atoms with Crippen molar-refractivity contribution in [3.8, 4) is 0 Å². The lowest BCUT2D eigenvalue weighted by Crippen LogP contribution is -2.20. The maximum atomic E-state index is 5.59. The van der Waals surface area contributed by atoms with Gasteiger partial charge >= 0.3 is 0 Å². The van der Waals surface area contributed by atoms with E-state index in [1.165, 1.54) is 12.8 Å². The van der Waals surface area contributed by atoms with Crippen molar-refractivity contribution in [3.63, 3.8) is 0 Å². The van der Waals surface area contributed by atoms with Crippen LogP contribution in [0.3, 0.4) is 0 Å². The Morgan fingerprint density at radius 2 is 2.25 bits per heavy atom. The molecule has 2 aliphatic heterocycles. The molecule has 2 heteroatoms. The fourth-order valence-corrected chi connectivity index (χ4v) is 2.39. The second kappa shape index (κ2) is 3.35. The van der Waals surface area contributed by atoms with Gasteiger partial charge in [0.2, 0.25) is 0 Å². The number of hydrogen-bond acceptors (Lipinski definition) is 2. The molecule has 0 aromatic carbocycles. The quantitative estimate of drug-likeness (QED) is 0.631. The van der Waals surface area contributed by atoms with Crippen LogP contribution < -0.4 is 0 Å². The Morgan fingerprint density at radius 3 is 3.00 bits per heavy atom. The molecule has 0 N–H and O–H groups in total. The topological polar surface area (TPSA) is 18.5 Å². The van der Waals surface area contributed by atoms with Crippen LogP contribution in [0.2, 0.25) is 0 Å². The molecule has 0 radical (unpaired) electrons. The van der Waals surface area contributed by atoms with Gasteiger partial charge in [0.05, 0.1) is 13.2 Å². The molecule has 2 rings (SSSR count). The Labute approximate surface area is 74.2 Å². The monoisotopic (exact) mass is 170 g/mol. The smallest absolute Gasteiger partial charge is 0.160 e. The number of fused-ring (bicyclic) bond motifs is 1. The van der Waals surface area contributed by atoms with E-state index in [0.717, 1.165) is 25.0 Å². The molecular weight excluding hydrogens is 152 g/mol. The van der Waals surface area contributed by atoms with Gasteiger partial charge in [0.25, 0.3) is 0 Å². The summed E-state index contributed by atoms with van der Waals surface area (Å²) in [6.07, 6.45) is 2.61. The van der Waals surface area contributed by atoms with Crippen LogP contribution in [-0.4, -0.2) is 19.5 Å².